The zero-order valence-corrected chi connectivity index (χ0v) is 20.1. The van der Waals surface area contributed by atoms with E-state index in [1.54, 1.807) is 57.6 Å². The lowest BCUT2D eigenvalue weighted by Gasteiger charge is -2.26. The predicted molar refractivity (Wildman–Crippen MR) is 125 cm³/mol. The smallest absolute Gasteiger partial charge is 0.405 e. The number of halogens is 1. The first-order valence-electron chi connectivity index (χ1n) is 11.1. The van der Waals surface area contributed by atoms with Crippen LogP contribution in [0.1, 0.15) is 35.5 Å². The second-order valence-electron chi connectivity index (χ2n) is 9.31. The number of nitrogens with zero attached hydrogens (tertiary/aromatic N) is 6. The van der Waals surface area contributed by atoms with Gasteiger partial charge in [-0.1, -0.05) is 11.6 Å². The van der Waals surface area contributed by atoms with Crippen molar-refractivity contribution in [2.24, 2.45) is 11.8 Å². The van der Waals surface area contributed by atoms with Crippen LogP contribution in [0.2, 0.25) is 5.15 Å². The average Bonchev–Trinajstić information content (AvgIpc) is 3.14. The minimum absolute atomic E-state index is 0.0741. The molecule has 0 bridgehead atoms. The molecule has 1 aliphatic heterocycles. The van der Waals surface area contributed by atoms with Gasteiger partial charge in [0.05, 0.1) is 16.8 Å². The van der Waals surface area contributed by atoms with Crippen LogP contribution in [-0.4, -0.2) is 65.9 Å². The minimum Gasteiger partial charge on any atom is -0.474 e. The molecule has 1 aliphatic carbocycles. The molecule has 0 spiro atoms. The van der Waals surface area contributed by atoms with E-state index in [0.29, 0.717) is 41.7 Å². The first-order chi connectivity index (χ1) is 16.6. The van der Waals surface area contributed by atoms with Crippen molar-refractivity contribution in [2.45, 2.75) is 32.4 Å². The Kier molecular flexibility index (Phi) is 5.59. The molecule has 35 heavy (non-hydrogen) atoms. The summed E-state index contributed by atoms with van der Waals surface area (Å²) in [6, 6.07) is 5.03. The van der Waals surface area contributed by atoms with E-state index in [4.69, 9.17) is 21.4 Å². The molecule has 4 heterocycles. The van der Waals surface area contributed by atoms with Crippen LogP contribution in [0.5, 0.6) is 5.88 Å². The summed E-state index contributed by atoms with van der Waals surface area (Å²) in [6.45, 7) is 6.40. The fraction of sp³-hybridized carbons (Fsp3) is 0.391. The SMILES string of the molecule is Cc1nn(-c2ncccn2)cc1C(=O)N1C[C@@H]2C(Oc3cc(C(C)(C)NC(=O)O)cc(Cl)n3)[C@@H]2C1. The lowest BCUT2D eigenvalue weighted by Crippen LogP contribution is -2.40. The van der Waals surface area contributed by atoms with Gasteiger partial charge in [-0.2, -0.15) is 5.10 Å². The van der Waals surface area contributed by atoms with E-state index in [1.165, 1.54) is 4.68 Å². The Morgan fingerprint density at radius 2 is 1.89 bits per heavy atom. The Morgan fingerprint density at radius 1 is 1.20 bits per heavy atom. The highest BCUT2D eigenvalue weighted by Gasteiger charge is 2.59. The van der Waals surface area contributed by atoms with E-state index in [2.05, 4.69) is 25.4 Å². The summed E-state index contributed by atoms with van der Waals surface area (Å²) in [5.74, 6) is 1.05. The van der Waals surface area contributed by atoms with Crippen LogP contribution in [0, 0.1) is 18.8 Å². The van der Waals surface area contributed by atoms with Crippen molar-refractivity contribution < 1.29 is 19.4 Å². The van der Waals surface area contributed by atoms with E-state index >= 15 is 0 Å². The maximum absolute atomic E-state index is 13.1. The molecule has 12 heteroatoms. The van der Waals surface area contributed by atoms with Gasteiger partial charge in [-0.3, -0.25) is 4.79 Å². The molecular formula is C23H24ClN7O4. The summed E-state index contributed by atoms with van der Waals surface area (Å²) in [6.07, 6.45) is 3.70. The summed E-state index contributed by atoms with van der Waals surface area (Å²) < 4.78 is 7.60. The van der Waals surface area contributed by atoms with E-state index in [1.807, 2.05) is 4.90 Å². The Hall–Kier alpha value is -3.73. The molecule has 3 atom stereocenters. The van der Waals surface area contributed by atoms with Crippen LogP contribution in [0.15, 0.2) is 36.8 Å². The van der Waals surface area contributed by atoms with Crippen LogP contribution < -0.4 is 10.1 Å². The lowest BCUT2D eigenvalue weighted by atomic mass is 9.95. The predicted octanol–water partition coefficient (Wildman–Crippen LogP) is 2.67. The number of amides is 2. The van der Waals surface area contributed by atoms with Gasteiger partial charge in [0.1, 0.15) is 11.3 Å². The van der Waals surface area contributed by atoms with E-state index in [-0.39, 0.29) is 29.0 Å². The van der Waals surface area contributed by atoms with Gasteiger partial charge in [0.2, 0.25) is 11.8 Å². The third kappa shape index (κ3) is 4.51. The second-order valence-corrected chi connectivity index (χ2v) is 9.70. The van der Waals surface area contributed by atoms with Crippen molar-refractivity contribution in [3.05, 3.63) is 58.8 Å². The number of hydrogen-bond acceptors (Lipinski definition) is 7. The molecule has 1 saturated carbocycles. The molecule has 3 aromatic rings. The number of aromatic nitrogens is 5. The summed E-state index contributed by atoms with van der Waals surface area (Å²) in [4.78, 5) is 38.7. The summed E-state index contributed by atoms with van der Waals surface area (Å²) in [5.41, 5.74) is 0.911. The van der Waals surface area contributed by atoms with Gasteiger partial charge in [-0.05, 0) is 38.5 Å². The fourth-order valence-electron chi connectivity index (χ4n) is 4.54. The van der Waals surface area contributed by atoms with Crippen LogP contribution in [0.3, 0.4) is 0 Å². The molecule has 3 aromatic heterocycles. The molecule has 2 fully saturated rings. The normalized spacial score (nSPS) is 20.9. The molecule has 2 aliphatic rings. The largest absolute Gasteiger partial charge is 0.474 e. The standard InChI is InChI=1S/C23H24ClN7O4/c1-12-14(11-31(29-12)21-25-5-4-6-26-21)20(32)30-9-15-16(10-30)19(15)35-18-8-13(7-17(24)27-18)23(2,3)28-22(33)34/h4-8,11,15-16,19,28H,9-10H2,1-3H3,(H,33,34)/t15-,16+,19?. The number of nitrogens with one attached hydrogen (secondary N) is 1. The van der Waals surface area contributed by atoms with Crippen molar-refractivity contribution >= 4 is 23.6 Å². The van der Waals surface area contributed by atoms with Crippen LogP contribution in [0.25, 0.3) is 5.95 Å². The summed E-state index contributed by atoms with van der Waals surface area (Å²) >= 11 is 6.17. The van der Waals surface area contributed by atoms with Crippen molar-refractivity contribution in [1.82, 2.24) is 34.9 Å². The van der Waals surface area contributed by atoms with Crippen LogP contribution in [0.4, 0.5) is 4.79 Å². The summed E-state index contributed by atoms with van der Waals surface area (Å²) in [7, 11) is 0. The molecule has 2 N–H and O–H groups in total. The van der Waals surface area contributed by atoms with E-state index in [0.717, 1.165) is 0 Å². The number of likely N-dealkylation sites (tertiary alicyclic amines) is 1. The number of carboxylic acid groups (broad SMARTS) is 1. The van der Waals surface area contributed by atoms with Crippen molar-refractivity contribution in [1.29, 1.82) is 0 Å². The zero-order valence-electron chi connectivity index (χ0n) is 19.3. The number of ether oxygens (including phenoxy) is 1. The Bertz CT molecular complexity index is 1280. The number of aryl methyl sites for hydroxylation is 1. The molecule has 182 valence electrons. The van der Waals surface area contributed by atoms with Crippen molar-refractivity contribution in [2.75, 3.05) is 13.1 Å². The highest BCUT2D eigenvalue weighted by Crippen LogP contribution is 2.48. The van der Waals surface area contributed by atoms with Gasteiger partial charge in [0, 0.05) is 49.6 Å². The lowest BCUT2D eigenvalue weighted by molar-refractivity contribution is 0.0750. The highest BCUT2D eigenvalue weighted by atomic mass is 35.5. The van der Waals surface area contributed by atoms with Crippen molar-refractivity contribution in [3.8, 4) is 11.8 Å². The molecule has 5 rings (SSSR count). The molecule has 0 aromatic carbocycles. The number of carbonyl (C=O) groups excluding carboxylic acids is 1. The molecule has 11 nitrogen and oxygen atoms in total. The number of rotatable bonds is 6. The Labute approximate surface area is 206 Å². The Balaban J connectivity index is 1.23. The van der Waals surface area contributed by atoms with E-state index < -0.39 is 11.6 Å². The van der Waals surface area contributed by atoms with E-state index in [9.17, 15) is 9.59 Å². The first kappa shape index (κ1) is 23.0. The van der Waals surface area contributed by atoms with Gasteiger partial charge in [-0.25, -0.2) is 24.4 Å². The number of piperidine rings is 1. The number of pyridine rings is 1. The highest BCUT2D eigenvalue weighted by molar-refractivity contribution is 6.29. The van der Waals surface area contributed by atoms with Gasteiger partial charge in [0.15, 0.2) is 0 Å². The van der Waals surface area contributed by atoms with Crippen LogP contribution in [-0.2, 0) is 5.54 Å². The van der Waals surface area contributed by atoms with Gasteiger partial charge in [-0.15, -0.1) is 0 Å². The molecular weight excluding hydrogens is 474 g/mol. The maximum Gasteiger partial charge on any atom is 0.405 e. The first-order valence-corrected chi connectivity index (χ1v) is 11.5. The number of fused-ring (bicyclic) bond motifs is 1. The maximum atomic E-state index is 13.1. The number of hydrogen-bond donors (Lipinski definition) is 2. The summed E-state index contributed by atoms with van der Waals surface area (Å²) in [5, 5.41) is 16.2. The molecule has 2 amide bonds. The van der Waals surface area contributed by atoms with Gasteiger partial charge >= 0.3 is 6.09 Å². The monoisotopic (exact) mass is 497 g/mol. The molecule has 0 radical (unpaired) electrons. The average molecular weight is 498 g/mol. The Morgan fingerprint density at radius 3 is 2.54 bits per heavy atom. The van der Waals surface area contributed by atoms with Gasteiger partial charge in [0.25, 0.3) is 5.91 Å². The topological polar surface area (TPSA) is 135 Å². The molecule has 1 unspecified atom stereocenters. The fourth-order valence-corrected chi connectivity index (χ4v) is 4.74. The van der Waals surface area contributed by atoms with Crippen molar-refractivity contribution in [3.63, 3.8) is 0 Å². The van der Waals surface area contributed by atoms with Gasteiger partial charge < -0.3 is 20.1 Å². The third-order valence-corrected chi connectivity index (χ3v) is 6.65. The molecule has 1 saturated heterocycles. The quantitative estimate of drug-likeness (QED) is 0.496. The number of carbonyl (C=O) groups is 2. The minimum atomic E-state index is -1.14. The third-order valence-electron chi connectivity index (χ3n) is 6.46. The second kappa shape index (κ2) is 8.49. The van der Waals surface area contributed by atoms with Crippen LogP contribution >= 0.6 is 11.6 Å². The zero-order chi connectivity index (χ0) is 24.9.